The highest BCUT2D eigenvalue weighted by molar-refractivity contribution is 7.09. The van der Waals surface area contributed by atoms with Gasteiger partial charge < -0.3 is 4.74 Å². The van der Waals surface area contributed by atoms with Crippen LogP contribution in [0, 0.1) is 13.8 Å². The largest absolute Gasteiger partial charge is 0.462 e. The smallest absolute Gasteiger partial charge is 0.339 e. The lowest BCUT2D eigenvalue weighted by atomic mass is 10.1. The van der Waals surface area contributed by atoms with Gasteiger partial charge in [0.1, 0.15) is 0 Å². The first kappa shape index (κ1) is 12.7. The van der Waals surface area contributed by atoms with Gasteiger partial charge in [0.2, 0.25) is 0 Å². The van der Waals surface area contributed by atoms with Crippen LogP contribution in [0.4, 0.5) is 0 Å². The summed E-state index contributed by atoms with van der Waals surface area (Å²) in [5.74, 6) is -0.330. The maximum atomic E-state index is 11.6. The zero-order valence-electron chi connectivity index (χ0n) is 10.6. The minimum Gasteiger partial charge on any atom is -0.462 e. The highest BCUT2D eigenvalue weighted by Crippen LogP contribution is 2.21. The van der Waals surface area contributed by atoms with Gasteiger partial charge in [-0.1, -0.05) is 0 Å². The summed E-state index contributed by atoms with van der Waals surface area (Å²) in [6.45, 7) is 5.90. The van der Waals surface area contributed by atoms with E-state index in [0.29, 0.717) is 17.9 Å². The number of hydrogen-bond donors (Lipinski definition) is 0. The molecule has 2 aromatic heterocycles. The quantitative estimate of drug-likeness (QED) is 0.798. The Balaban J connectivity index is 2.33. The maximum absolute atomic E-state index is 11.6. The number of rotatable bonds is 3. The van der Waals surface area contributed by atoms with E-state index in [1.165, 1.54) is 0 Å². The number of carbonyl (C=O) groups is 1. The van der Waals surface area contributed by atoms with Gasteiger partial charge in [0.25, 0.3) is 0 Å². The summed E-state index contributed by atoms with van der Waals surface area (Å²) in [6.07, 6.45) is 0. The predicted molar refractivity (Wildman–Crippen MR) is 70.8 cm³/mol. The summed E-state index contributed by atoms with van der Waals surface area (Å²) in [4.78, 5) is 20.4. The first-order valence-electron chi connectivity index (χ1n) is 5.69. The topological polar surface area (TPSA) is 52.1 Å². The molecule has 0 saturated heterocycles. The van der Waals surface area contributed by atoms with Crippen molar-refractivity contribution in [2.75, 3.05) is 6.61 Å². The molecule has 18 heavy (non-hydrogen) atoms. The van der Waals surface area contributed by atoms with Gasteiger partial charge in [-0.2, -0.15) is 0 Å². The number of hydrogen-bond acceptors (Lipinski definition) is 5. The molecule has 0 saturated carbocycles. The summed E-state index contributed by atoms with van der Waals surface area (Å²) in [5.41, 5.74) is 2.80. The third-order valence-corrected chi connectivity index (χ3v) is 3.24. The number of thiazole rings is 1. The second-order valence-electron chi connectivity index (χ2n) is 3.80. The van der Waals surface area contributed by atoms with Crippen LogP contribution in [0.25, 0.3) is 11.4 Å². The molecular formula is C13H14N2O2S. The SMILES string of the molecule is CCOC(=O)c1ccc(-c2csc(C)n2)nc1C. The second-order valence-corrected chi connectivity index (χ2v) is 4.86. The summed E-state index contributed by atoms with van der Waals surface area (Å²) >= 11 is 1.58. The zero-order chi connectivity index (χ0) is 13.1. The van der Waals surface area contributed by atoms with Crippen molar-refractivity contribution in [3.05, 3.63) is 33.8 Å². The fourth-order valence-corrected chi connectivity index (χ4v) is 2.22. The van der Waals surface area contributed by atoms with Crippen LogP contribution >= 0.6 is 11.3 Å². The summed E-state index contributed by atoms with van der Waals surface area (Å²) < 4.78 is 4.97. The van der Waals surface area contributed by atoms with E-state index in [1.807, 2.05) is 12.3 Å². The Bertz CT molecular complexity index is 578. The van der Waals surface area contributed by atoms with Crippen molar-refractivity contribution in [2.45, 2.75) is 20.8 Å². The van der Waals surface area contributed by atoms with Crippen LogP contribution in [0.2, 0.25) is 0 Å². The lowest BCUT2D eigenvalue weighted by Crippen LogP contribution is -2.08. The molecule has 5 heteroatoms. The Morgan fingerprint density at radius 3 is 2.61 bits per heavy atom. The molecule has 0 aliphatic carbocycles. The minimum atomic E-state index is -0.330. The van der Waals surface area contributed by atoms with E-state index in [1.54, 1.807) is 37.3 Å². The van der Waals surface area contributed by atoms with Gasteiger partial charge in [0, 0.05) is 5.38 Å². The zero-order valence-corrected chi connectivity index (χ0v) is 11.4. The Morgan fingerprint density at radius 1 is 1.28 bits per heavy atom. The number of aromatic nitrogens is 2. The van der Waals surface area contributed by atoms with Crippen LogP contribution in [0.15, 0.2) is 17.5 Å². The van der Waals surface area contributed by atoms with Gasteiger partial charge in [0.15, 0.2) is 0 Å². The molecule has 0 aliphatic heterocycles. The second kappa shape index (κ2) is 5.27. The Kier molecular flexibility index (Phi) is 3.72. The molecule has 0 bridgehead atoms. The average Bonchev–Trinajstić information content (AvgIpc) is 2.76. The number of aryl methyl sites for hydroxylation is 2. The molecule has 0 fully saturated rings. The average molecular weight is 262 g/mol. The van der Waals surface area contributed by atoms with Crippen LogP contribution in [0.3, 0.4) is 0 Å². The molecule has 0 atom stereocenters. The third-order valence-electron chi connectivity index (χ3n) is 2.46. The van der Waals surface area contributed by atoms with Crippen LogP contribution in [0.5, 0.6) is 0 Å². The standard InChI is InChI=1S/C13H14N2O2S/c1-4-17-13(16)10-5-6-11(14-8(10)2)12-7-18-9(3)15-12/h5-7H,4H2,1-3H3. The highest BCUT2D eigenvalue weighted by Gasteiger charge is 2.13. The van der Waals surface area contributed by atoms with Gasteiger partial charge in [-0.05, 0) is 32.9 Å². The van der Waals surface area contributed by atoms with Gasteiger partial charge in [-0.15, -0.1) is 11.3 Å². The summed E-state index contributed by atoms with van der Waals surface area (Å²) in [5, 5.41) is 2.96. The lowest BCUT2D eigenvalue weighted by Gasteiger charge is -2.05. The molecule has 0 aromatic carbocycles. The molecule has 0 amide bonds. The van der Waals surface area contributed by atoms with Crippen LogP contribution < -0.4 is 0 Å². The third kappa shape index (κ3) is 2.56. The minimum absolute atomic E-state index is 0.330. The predicted octanol–water partition coefficient (Wildman–Crippen LogP) is 3.00. The van der Waals surface area contributed by atoms with Crippen molar-refractivity contribution < 1.29 is 9.53 Å². The van der Waals surface area contributed by atoms with Crippen molar-refractivity contribution >= 4 is 17.3 Å². The maximum Gasteiger partial charge on any atom is 0.339 e. The first-order valence-corrected chi connectivity index (χ1v) is 6.57. The normalized spacial score (nSPS) is 10.4. The number of ether oxygens (including phenoxy) is 1. The van der Waals surface area contributed by atoms with E-state index in [4.69, 9.17) is 4.74 Å². The van der Waals surface area contributed by atoms with E-state index in [0.717, 1.165) is 16.4 Å². The molecule has 2 heterocycles. The highest BCUT2D eigenvalue weighted by atomic mass is 32.1. The van der Waals surface area contributed by atoms with Crippen molar-refractivity contribution in [2.24, 2.45) is 0 Å². The van der Waals surface area contributed by atoms with E-state index >= 15 is 0 Å². The molecule has 0 unspecified atom stereocenters. The van der Waals surface area contributed by atoms with Crippen molar-refractivity contribution in [3.8, 4) is 11.4 Å². The molecule has 94 valence electrons. The molecule has 4 nitrogen and oxygen atoms in total. The molecule has 0 aliphatic rings. The van der Waals surface area contributed by atoms with E-state index in [-0.39, 0.29) is 5.97 Å². The van der Waals surface area contributed by atoms with E-state index in [9.17, 15) is 4.79 Å². The fraction of sp³-hybridized carbons (Fsp3) is 0.308. The molecule has 2 rings (SSSR count). The van der Waals surface area contributed by atoms with Crippen molar-refractivity contribution in [1.82, 2.24) is 9.97 Å². The molecule has 0 N–H and O–H groups in total. The van der Waals surface area contributed by atoms with Gasteiger partial charge in [-0.25, -0.2) is 9.78 Å². The summed E-state index contributed by atoms with van der Waals surface area (Å²) in [7, 11) is 0. The van der Waals surface area contributed by atoms with Gasteiger partial charge in [-0.3, -0.25) is 4.98 Å². The molecule has 2 aromatic rings. The number of nitrogens with zero attached hydrogens (tertiary/aromatic N) is 2. The van der Waals surface area contributed by atoms with Crippen molar-refractivity contribution in [3.63, 3.8) is 0 Å². The van der Waals surface area contributed by atoms with Crippen molar-refractivity contribution in [1.29, 1.82) is 0 Å². The molecular weight excluding hydrogens is 248 g/mol. The number of carbonyl (C=O) groups excluding carboxylic acids is 1. The van der Waals surface area contributed by atoms with Crippen LogP contribution in [-0.4, -0.2) is 22.5 Å². The Hall–Kier alpha value is -1.75. The Labute approximate surface area is 110 Å². The lowest BCUT2D eigenvalue weighted by molar-refractivity contribution is 0.0525. The van der Waals surface area contributed by atoms with Gasteiger partial charge >= 0.3 is 5.97 Å². The number of pyridine rings is 1. The Morgan fingerprint density at radius 2 is 2.06 bits per heavy atom. The van der Waals surface area contributed by atoms with Crippen LogP contribution in [0.1, 0.15) is 28.0 Å². The van der Waals surface area contributed by atoms with Gasteiger partial charge in [0.05, 0.1) is 34.3 Å². The van der Waals surface area contributed by atoms with E-state index < -0.39 is 0 Å². The molecule has 0 spiro atoms. The van der Waals surface area contributed by atoms with E-state index in [2.05, 4.69) is 9.97 Å². The monoisotopic (exact) mass is 262 g/mol. The molecule has 0 radical (unpaired) electrons. The first-order chi connectivity index (χ1) is 8.61. The number of esters is 1. The van der Waals surface area contributed by atoms with Crippen LogP contribution in [-0.2, 0) is 4.74 Å². The fourth-order valence-electron chi connectivity index (χ4n) is 1.61. The summed E-state index contributed by atoms with van der Waals surface area (Å²) in [6, 6.07) is 3.54.